The van der Waals surface area contributed by atoms with Crippen LogP contribution >= 0.6 is 11.3 Å². The third-order valence-electron chi connectivity index (χ3n) is 3.93. The highest BCUT2D eigenvalue weighted by molar-refractivity contribution is 7.07. The van der Waals surface area contributed by atoms with Gasteiger partial charge in [-0.05, 0) is 48.1 Å². The van der Waals surface area contributed by atoms with Crippen LogP contribution in [-0.2, 0) is 4.74 Å². The maximum absolute atomic E-state index is 6.02. The van der Waals surface area contributed by atoms with Gasteiger partial charge in [0.1, 0.15) is 0 Å². The zero-order valence-electron chi connectivity index (χ0n) is 11.3. The Morgan fingerprint density at radius 3 is 2.83 bits per heavy atom. The van der Waals surface area contributed by atoms with Gasteiger partial charge in [-0.3, -0.25) is 4.90 Å². The number of hydrogen-bond acceptors (Lipinski definition) is 4. The van der Waals surface area contributed by atoms with Gasteiger partial charge in [0, 0.05) is 32.3 Å². The van der Waals surface area contributed by atoms with Crippen LogP contribution in [0.25, 0.3) is 0 Å². The standard InChI is InChI=1S/C14H24N2OS/c1-11(12-3-4-12)16(6-7-17-2)14(9-15)13-5-8-18-10-13/h5,8,10-12,14H,3-4,6-7,9,15H2,1-2H3. The van der Waals surface area contributed by atoms with Crippen LogP contribution in [0.5, 0.6) is 0 Å². The van der Waals surface area contributed by atoms with Crippen LogP contribution in [0.2, 0.25) is 0 Å². The Balaban J connectivity index is 2.09. The van der Waals surface area contributed by atoms with Gasteiger partial charge in [-0.1, -0.05) is 0 Å². The Labute approximate surface area is 114 Å². The SMILES string of the molecule is COCCN(C(CN)c1ccsc1)C(C)C1CC1. The lowest BCUT2D eigenvalue weighted by molar-refractivity contribution is 0.0836. The summed E-state index contributed by atoms with van der Waals surface area (Å²) < 4.78 is 5.25. The summed E-state index contributed by atoms with van der Waals surface area (Å²) in [7, 11) is 1.77. The van der Waals surface area contributed by atoms with E-state index in [2.05, 4.69) is 28.7 Å². The fourth-order valence-electron chi connectivity index (χ4n) is 2.62. The summed E-state index contributed by atoms with van der Waals surface area (Å²) in [4.78, 5) is 2.53. The van der Waals surface area contributed by atoms with Crippen LogP contribution in [0.15, 0.2) is 16.8 Å². The zero-order valence-corrected chi connectivity index (χ0v) is 12.2. The van der Waals surface area contributed by atoms with Crippen molar-refractivity contribution in [3.8, 4) is 0 Å². The second kappa shape index (κ2) is 6.66. The minimum atomic E-state index is 0.335. The molecule has 0 aromatic carbocycles. The van der Waals surface area contributed by atoms with E-state index in [4.69, 9.17) is 10.5 Å². The highest BCUT2D eigenvalue weighted by Gasteiger charge is 2.35. The molecule has 2 unspecified atom stereocenters. The lowest BCUT2D eigenvalue weighted by Crippen LogP contribution is -2.42. The Bertz CT molecular complexity index is 338. The molecule has 1 saturated carbocycles. The van der Waals surface area contributed by atoms with Gasteiger partial charge in [0.15, 0.2) is 0 Å². The van der Waals surface area contributed by atoms with E-state index in [-0.39, 0.29) is 0 Å². The first kappa shape index (κ1) is 14.0. The number of nitrogens with zero attached hydrogens (tertiary/aromatic N) is 1. The van der Waals surface area contributed by atoms with E-state index in [1.807, 2.05) is 0 Å². The van der Waals surface area contributed by atoms with Crippen LogP contribution in [-0.4, -0.2) is 37.7 Å². The molecule has 1 heterocycles. The maximum Gasteiger partial charge on any atom is 0.0590 e. The molecule has 4 heteroatoms. The molecular formula is C14H24N2OS. The van der Waals surface area contributed by atoms with E-state index < -0.39 is 0 Å². The van der Waals surface area contributed by atoms with Crippen molar-refractivity contribution < 1.29 is 4.74 Å². The summed E-state index contributed by atoms with van der Waals surface area (Å²) in [5.41, 5.74) is 7.37. The van der Waals surface area contributed by atoms with Gasteiger partial charge in [0.05, 0.1) is 6.61 Å². The molecule has 0 aliphatic heterocycles. The van der Waals surface area contributed by atoms with Gasteiger partial charge in [-0.15, -0.1) is 0 Å². The normalized spacial score (nSPS) is 19.1. The number of thiophene rings is 1. The van der Waals surface area contributed by atoms with E-state index in [1.54, 1.807) is 18.4 Å². The molecule has 18 heavy (non-hydrogen) atoms. The molecule has 1 fully saturated rings. The lowest BCUT2D eigenvalue weighted by Gasteiger charge is -2.36. The van der Waals surface area contributed by atoms with Crippen molar-refractivity contribution in [3.63, 3.8) is 0 Å². The predicted octanol–water partition coefficient (Wildman–Crippen LogP) is 2.49. The molecule has 0 spiro atoms. The van der Waals surface area contributed by atoms with Gasteiger partial charge in [0.25, 0.3) is 0 Å². The Morgan fingerprint density at radius 1 is 1.56 bits per heavy atom. The fourth-order valence-corrected chi connectivity index (χ4v) is 3.32. The molecule has 1 aliphatic carbocycles. The van der Waals surface area contributed by atoms with Gasteiger partial charge in [0.2, 0.25) is 0 Å². The Hall–Kier alpha value is -0.420. The zero-order chi connectivity index (χ0) is 13.0. The average Bonchev–Trinajstić information content (AvgIpc) is 3.10. The van der Waals surface area contributed by atoms with Crippen LogP contribution in [0.4, 0.5) is 0 Å². The van der Waals surface area contributed by atoms with E-state index in [9.17, 15) is 0 Å². The van der Waals surface area contributed by atoms with Crippen molar-refractivity contribution in [3.05, 3.63) is 22.4 Å². The summed E-state index contributed by atoms with van der Waals surface area (Å²) in [6.07, 6.45) is 2.73. The molecule has 1 aliphatic rings. The summed E-state index contributed by atoms with van der Waals surface area (Å²) >= 11 is 1.75. The van der Waals surface area contributed by atoms with E-state index >= 15 is 0 Å². The first-order chi connectivity index (χ1) is 8.77. The minimum Gasteiger partial charge on any atom is -0.383 e. The molecule has 2 rings (SSSR count). The second-order valence-corrected chi connectivity index (χ2v) is 5.90. The van der Waals surface area contributed by atoms with E-state index in [1.165, 1.54) is 18.4 Å². The van der Waals surface area contributed by atoms with Crippen LogP contribution in [0.1, 0.15) is 31.4 Å². The van der Waals surface area contributed by atoms with Gasteiger partial charge in [-0.2, -0.15) is 11.3 Å². The molecule has 1 aromatic heterocycles. The first-order valence-electron chi connectivity index (χ1n) is 6.74. The first-order valence-corrected chi connectivity index (χ1v) is 7.69. The molecule has 0 amide bonds. The summed E-state index contributed by atoms with van der Waals surface area (Å²) in [5, 5.41) is 4.35. The van der Waals surface area contributed by atoms with Crippen molar-refractivity contribution in [2.45, 2.75) is 31.8 Å². The Kier molecular flexibility index (Phi) is 5.18. The topological polar surface area (TPSA) is 38.5 Å². The van der Waals surface area contributed by atoms with Gasteiger partial charge < -0.3 is 10.5 Å². The number of methoxy groups -OCH3 is 1. The predicted molar refractivity (Wildman–Crippen MR) is 76.9 cm³/mol. The third-order valence-corrected chi connectivity index (χ3v) is 4.63. The molecule has 0 radical (unpaired) electrons. The number of hydrogen-bond donors (Lipinski definition) is 1. The third kappa shape index (κ3) is 3.32. The van der Waals surface area contributed by atoms with Crippen molar-refractivity contribution in [1.82, 2.24) is 4.90 Å². The van der Waals surface area contributed by atoms with Crippen molar-refractivity contribution in [2.24, 2.45) is 11.7 Å². The van der Waals surface area contributed by atoms with Crippen LogP contribution < -0.4 is 5.73 Å². The Morgan fingerprint density at radius 2 is 2.33 bits per heavy atom. The maximum atomic E-state index is 6.02. The van der Waals surface area contributed by atoms with Gasteiger partial charge >= 0.3 is 0 Å². The molecule has 3 nitrogen and oxygen atoms in total. The number of rotatable bonds is 8. The highest BCUT2D eigenvalue weighted by Crippen LogP contribution is 2.38. The average molecular weight is 268 g/mol. The smallest absolute Gasteiger partial charge is 0.0590 e. The molecule has 1 aromatic rings. The molecule has 2 N–H and O–H groups in total. The monoisotopic (exact) mass is 268 g/mol. The van der Waals surface area contributed by atoms with E-state index in [0.29, 0.717) is 18.6 Å². The largest absolute Gasteiger partial charge is 0.383 e. The lowest BCUT2D eigenvalue weighted by atomic mass is 10.0. The highest BCUT2D eigenvalue weighted by atomic mass is 32.1. The van der Waals surface area contributed by atoms with E-state index in [0.717, 1.165) is 19.1 Å². The molecule has 0 bridgehead atoms. The number of nitrogens with two attached hydrogens (primary N) is 1. The minimum absolute atomic E-state index is 0.335. The molecule has 2 atom stereocenters. The number of ether oxygens (including phenoxy) is 1. The summed E-state index contributed by atoms with van der Waals surface area (Å²) in [6, 6.07) is 3.14. The quantitative estimate of drug-likeness (QED) is 0.787. The molecule has 0 saturated heterocycles. The summed E-state index contributed by atoms with van der Waals surface area (Å²) in [5.74, 6) is 0.856. The molecular weight excluding hydrogens is 244 g/mol. The van der Waals surface area contributed by atoms with Crippen LogP contribution in [0.3, 0.4) is 0 Å². The van der Waals surface area contributed by atoms with Crippen LogP contribution in [0, 0.1) is 5.92 Å². The fraction of sp³-hybridized carbons (Fsp3) is 0.714. The second-order valence-electron chi connectivity index (χ2n) is 5.12. The van der Waals surface area contributed by atoms with Crippen molar-refractivity contribution in [2.75, 3.05) is 26.8 Å². The summed E-state index contributed by atoms with van der Waals surface area (Å²) in [6.45, 7) is 4.75. The van der Waals surface area contributed by atoms with Crippen molar-refractivity contribution in [1.29, 1.82) is 0 Å². The van der Waals surface area contributed by atoms with Gasteiger partial charge in [-0.25, -0.2) is 0 Å². The van der Waals surface area contributed by atoms with Crippen molar-refractivity contribution >= 4 is 11.3 Å². The molecule has 102 valence electrons.